The third-order valence-electron chi connectivity index (χ3n) is 0.988. The molecule has 50 valence electrons. The number of nitrogens with one attached hydrogen (secondary N) is 1. The Morgan fingerprint density at radius 2 is 2.40 bits per heavy atom. The summed E-state index contributed by atoms with van der Waals surface area (Å²) in [6.45, 7) is 0. The fraction of sp³-hybridized carbons (Fsp3) is 0. The van der Waals surface area contributed by atoms with Gasteiger partial charge in [-0.25, -0.2) is 0 Å². The van der Waals surface area contributed by atoms with Gasteiger partial charge in [0.25, 0.3) is 5.56 Å². The van der Waals surface area contributed by atoms with E-state index in [0.717, 1.165) is 0 Å². The predicted octanol–water partition coefficient (Wildman–Crippen LogP) is 0.900. The molecule has 1 N–H and O–H groups in total. The third kappa shape index (κ3) is 1.17. The molecule has 0 atom stereocenters. The summed E-state index contributed by atoms with van der Waals surface area (Å²) in [7, 11) is 0. The lowest BCUT2D eigenvalue weighted by molar-refractivity contribution is 1.21. The molecule has 0 amide bonds. The number of nitrogens with zero attached hydrogens (tertiary/aromatic N) is 1. The van der Waals surface area contributed by atoms with E-state index in [1.807, 2.05) is 0 Å². The van der Waals surface area contributed by atoms with Gasteiger partial charge in [0.15, 0.2) is 0 Å². The highest BCUT2D eigenvalue weighted by atomic mass is 35.5. The molecule has 1 aromatic heterocycles. The van der Waals surface area contributed by atoms with Gasteiger partial charge < -0.3 is 4.98 Å². The van der Waals surface area contributed by atoms with E-state index in [0.29, 0.717) is 5.02 Å². The van der Waals surface area contributed by atoms with Crippen LogP contribution in [0.1, 0.15) is 5.56 Å². The summed E-state index contributed by atoms with van der Waals surface area (Å²) < 4.78 is 0. The van der Waals surface area contributed by atoms with E-state index in [1.54, 1.807) is 6.07 Å². The van der Waals surface area contributed by atoms with Crippen LogP contribution in [0.5, 0.6) is 0 Å². The van der Waals surface area contributed by atoms with Crippen molar-refractivity contribution in [1.82, 2.24) is 4.98 Å². The molecule has 0 fully saturated rings. The average molecular weight is 155 g/mol. The summed E-state index contributed by atoms with van der Waals surface area (Å²) in [6.07, 6.45) is 1.34. The fourth-order valence-corrected chi connectivity index (χ4v) is 0.704. The highest BCUT2D eigenvalue weighted by Crippen LogP contribution is 2.03. The highest BCUT2D eigenvalue weighted by molar-refractivity contribution is 6.30. The number of pyridine rings is 1. The van der Waals surface area contributed by atoms with Gasteiger partial charge in [0.1, 0.15) is 11.6 Å². The SMILES string of the molecule is N#Cc1cc(Cl)c[nH]c1=O. The smallest absolute Gasteiger partial charge is 0.265 e. The molecule has 0 unspecified atom stereocenters. The Morgan fingerprint density at radius 3 is 2.90 bits per heavy atom. The van der Waals surface area contributed by atoms with Gasteiger partial charge in [-0.3, -0.25) is 4.79 Å². The van der Waals surface area contributed by atoms with Crippen molar-refractivity contribution in [1.29, 1.82) is 5.26 Å². The summed E-state index contributed by atoms with van der Waals surface area (Å²) in [5, 5.41) is 8.67. The minimum atomic E-state index is -0.410. The normalized spacial score (nSPS) is 8.80. The zero-order chi connectivity index (χ0) is 7.56. The van der Waals surface area contributed by atoms with E-state index < -0.39 is 5.56 Å². The molecular weight excluding hydrogens is 152 g/mol. The molecule has 0 saturated heterocycles. The molecule has 0 saturated carbocycles. The predicted molar refractivity (Wildman–Crippen MR) is 36.8 cm³/mol. The van der Waals surface area contributed by atoms with E-state index in [-0.39, 0.29) is 5.56 Å². The second-order valence-electron chi connectivity index (χ2n) is 1.67. The number of aromatic amines is 1. The number of aromatic nitrogens is 1. The van der Waals surface area contributed by atoms with Gasteiger partial charge in [-0.2, -0.15) is 5.26 Å². The van der Waals surface area contributed by atoms with Crippen molar-refractivity contribution in [3.05, 3.63) is 33.2 Å². The molecule has 1 aromatic rings. The van der Waals surface area contributed by atoms with Gasteiger partial charge in [0.05, 0.1) is 5.02 Å². The molecule has 0 aliphatic heterocycles. The van der Waals surface area contributed by atoms with Gasteiger partial charge in [-0.15, -0.1) is 0 Å². The molecule has 3 nitrogen and oxygen atoms in total. The average Bonchev–Trinajstić information content (AvgIpc) is 1.94. The van der Waals surface area contributed by atoms with Crippen LogP contribution in [0.4, 0.5) is 0 Å². The molecule has 1 heterocycles. The lowest BCUT2D eigenvalue weighted by atomic mass is 10.3. The number of nitriles is 1. The molecule has 0 aromatic carbocycles. The fourth-order valence-electron chi connectivity index (χ4n) is 0.540. The Balaban J connectivity index is 3.40. The van der Waals surface area contributed by atoms with Crippen LogP contribution in [0.25, 0.3) is 0 Å². The quantitative estimate of drug-likeness (QED) is 0.604. The van der Waals surface area contributed by atoms with Crippen LogP contribution >= 0.6 is 11.6 Å². The molecule has 10 heavy (non-hydrogen) atoms. The Labute approximate surface area is 61.9 Å². The van der Waals surface area contributed by atoms with Crippen molar-refractivity contribution in [3.63, 3.8) is 0 Å². The van der Waals surface area contributed by atoms with Crippen LogP contribution in [0.15, 0.2) is 17.1 Å². The van der Waals surface area contributed by atoms with E-state index in [9.17, 15) is 4.79 Å². The first-order valence-corrected chi connectivity index (χ1v) is 2.90. The van der Waals surface area contributed by atoms with E-state index in [2.05, 4.69) is 4.98 Å². The second-order valence-corrected chi connectivity index (χ2v) is 2.11. The third-order valence-corrected chi connectivity index (χ3v) is 1.21. The van der Waals surface area contributed by atoms with E-state index in [4.69, 9.17) is 16.9 Å². The Hall–Kier alpha value is -1.27. The van der Waals surface area contributed by atoms with Gasteiger partial charge in [-0.05, 0) is 6.07 Å². The molecule has 1 rings (SSSR count). The first-order chi connectivity index (χ1) is 4.74. The Morgan fingerprint density at radius 1 is 1.70 bits per heavy atom. The number of halogens is 1. The monoisotopic (exact) mass is 154 g/mol. The summed E-state index contributed by atoms with van der Waals surface area (Å²) in [6, 6.07) is 3.03. The number of hydrogen-bond donors (Lipinski definition) is 1. The molecule has 0 spiro atoms. The lowest BCUT2D eigenvalue weighted by Crippen LogP contribution is -2.07. The Kier molecular flexibility index (Phi) is 1.74. The van der Waals surface area contributed by atoms with Crippen LogP contribution in [-0.2, 0) is 0 Å². The molecule has 0 bridgehead atoms. The zero-order valence-corrected chi connectivity index (χ0v) is 5.64. The maximum atomic E-state index is 10.7. The molecular formula is C6H3ClN2O. The van der Waals surface area contributed by atoms with Gasteiger partial charge in [0.2, 0.25) is 0 Å². The van der Waals surface area contributed by atoms with Crippen LogP contribution in [0.2, 0.25) is 5.02 Å². The maximum Gasteiger partial charge on any atom is 0.265 e. The van der Waals surface area contributed by atoms with Crippen molar-refractivity contribution in [2.75, 3.05) is 0 Å². The van der Waals surface area contributed by atoms with Crippen molar-refractivity contribution in [2.24, 2.45) is 0 Å². The second kappa shape index (κ2) is 2.54. The molecule has 4 heteroatoms. The molecule has 0 aliphatic carbocycles. The van der Waals surface area contributed by atoms with Crippen LogP contribution in [0.3, 0.4) is 0 Å². The van der Waals surface area contributed by atoms with E-state index >= 15 is 0 Å². The van der Waals surface area contributed by atoms with Crippen LogP contribution in [-0.4, -0.2) is 4.98 Å². The lowest BCUT2D eigenvalue weighted by Gasteiger charge is -1.87. The summed E-state index contributed by atoms with van der Waals surface area (Å²) in [5.41, 5.74) is -0.376. The largest absolute Gasteiger partial charge is 0.326 e. The minimum Gasteiger partial charge on any atom is -0.326 e. The summed E-state index contributed by atoms with van der Waals surface area (Å²) in [5.74, 6) is 0. The zero-order valence-electron chi connectivity index (χ0n) is 4.89. The van der Waals surface area contributed by atoms with Crippen molar-refractivity contribution >= 4 is 11.6 Å². The standard InChI is InChI=1S/C6H3ClN2O/c7-5-1-4(2-8)6(10)9-3-5/h1,3H,(H,9,10). The van der Waals surface area contributed by atoms with Crippen molar-refractivity contribution < 1.29 is 0 Å². The molecule has 0 radical (unpaired) electrons. The minimum absolute atomic E-state index is 0.0347. The number of rotatable bonds is 0. The van der Waals surface area contributed by atoms with Crippen molar-refractivity contribution in [3.8, 4) is 6.07 Å². The summed E-state index contributed by atoms with van der Waals surface area (Å²) >= 11 is 5.47. The highest BCUT2D eigenvalue weighted by Gasteiger charge is 1.96. The first kappa shape index (κ1) is 6.84. The first-order valence-electron chi connectivity index (χ1n) is 2.52. The van der Waals surface area contributed by atoms with Gasteiger partial charge in [0, 0.05) is 6.20 Å². The number of hydrogen-bond acceptors (Lipinski definition) is 2. The van der Waals surface area contributed by atoms with Crippen LogP contribution < -0.4 is 5.56 Å². The number of H-pyrrole nitrogens is 1. The van der Waals surface area contributed by atoms with E-state index in [1.165, 1.54) is 12.3 Å². The Bertz CT molecular complexity index is 336. The van der Waals surface area contributed by atoms with Crippen molar-refractivity contribution in [2.45, 2.75) is 0 Å². The van der Waals surface area contributed by atoms with Crippen LogP contribution in [0, 0.1) is 11.3 Å². The van der Waals surface area contributed by atoms with Gasteiger partial charge >= 0.3 is 0 Å². The van der Waals surface area contributed by atoms with Gasteiger partial charge in [-0.1, -0.05) is 11.6 Å². The summed E-state index contributed by atoms with van der Waals surface area (Å²) in [4.78, 5) is 13.0. The topological polar surface area (TPSA) is 56.6 Å². The molecule has 0 aliphatic rings. The maximum absolute atomic E-state index is 10.7.